The smallest absolute Gasteiger partial charge is 0.255 e. The zero-order chi connectivity index (χ0) is 15.8. The quantitative estimate of drug-likeness (QED) is 0.792. The van der Waals surface area contributed by atoms with Crippen LogP contribution in [0, 0.1) is 0 Å². The number of piperidine rings is 1. The summed E-state index contributed by atoms with van der Waals surface area (Å²) in [6.45, 7) is 2.42. The lowest BCUT2D eigenvalue weighted by Gasteiger charge is -2.27. The number of benzene rings is 1. The average Bonchev–Trinajstić information content (AvgIpc) is 2.56. The number of rotatable bonds is 6. The fraction of sp³-hybridized carbons (Fsp3) is 0.529. The molecule has 0 atom stereocenters. The van der Waals surface area contributed by atoms with Gasteiger partial charge in [0.05, 0.1) is 11.3 Å². The molecule has 2 amide bonds. The molecule has 1 aliphatic heterocycles. The SMILES string of the molecule is CNCCCC(=O)Nc1ccccc1C(=O)N1CCCCC1. The van der Waals surface area contributed by atoms with Crippen LogP contribution in [0.15, 0.2) is 24.3 Å². The van der Waals surface area contributed by atoms with E-state index in [1.807, 2.05) is 24.1 Å². The third-order valence-corrected chi connectivity index (χ3v) is 3.91. The highest BCUT2D eigenvalue weighted by atomic mass is 16.2. The van der Waals surface area contributed by atoms with Gasteiger partial charge in [-0.3, -0.25) is 9.59 Å². The summed E-state index contributed by atoms with van der Waals surface area (Å²) in [5.41, 5.74) is 1.21. The predicted molar refractivity (Wildman–Crippen MR) is 88.0 cm³/mol. The number of carbonyl (C=O) groups is 2. The molecule has 0 radical (unpaired) electrons. The summed E-state index contributed by atoms with van der Waals surface area (Å²) >= 11 is 0. The molecule has 1 fully saturated rings. The van der Waals surface area contributed by atoms with Crippen LogP contribution in [0.5, 0.6) is 0 Å². The lowest BCUT2D eigenvalue weighted by atomic mass is 10.1. The van der Waals surface area contributed by atoms with E-state index >= 15 is 0 Å². The number of nitrogens with zero attached hydrogens (tertiary/aromatic N) is 1. The van der Waals surface area contributed by atoms with Crippen molar-refractivity contribution in [1.29, 1.82) is 0 Å². The Morgan fingerprint density at radius 3 is 2.59 bits per heavy atom. The summed E-state index contributed by atoms with van der Waals surface area (Å²) in [6.07, 6.45) is 4.54. The second kappa shape index (κ2) is 8.54. The number of para-hydroxylation sites is 1. The summed E-state index contributed by atoms with van der Waals surface area (Å²) in [4.78, 5) is 26.5. The first kappa shape index (κ1) is 16.5. The largest absolute Gasteiger partial charge is 0.339 e. The van der Waals surface area contributed by atoms with Crippen molar-refractivity contribution in [3.8, 4) is 0 Å². The van der Waals surface area contributed by atoms with E-state index in [0.717, 1.165) is 38.9 Å². The molecule has 1 aliphatic rings. The topological polar surface area (TPSA) is 61.4 Å². The first-order valence-electron chi connectivity index (χ1n) is 8.05. The zero-order valence-corrected chi connectivity index (χ0v) is 13.2. The Morgan fingerprint density at radius 2 is 1.86 bits per heavy atom. The molecular formula is C17H25N3O2. The van der Waals surface area contributed by atoms with E-state index in [2.05, 4.69) is 10.6 Å². The van der Waals surface area contributed by atoms with Crippen LogP contribution in [0.1, 0.15) is 42.5 Å². The Hall–Kier alpha value is -1.88. The van der Waals surface area contributed by atoms with Crippen LogP contribution in [0.4, 0.5) is 5.69 Å². The number of carbonyl (C=O) groups excluding carboxylic acids is 2. The Kier molecular flexibility index (Phi) is 6.40. The van der Waals surface area contributed by atoms with Gasteiger partial charge >= 0.3 is 0 Å². The molecule has 1 aromatic carbocycles. The molecule has 2 rings (SSSR count). The molecule has 5 nitrogen and oxygen atoms in total. The lowest BCUT2D eigenvalue weighted by Crippen LogP contribution is -2.36. The predicted octanol–water partition coefficient (Wildman–Crippen LogP) is 2.25. The van der Waals surface area contributed by atoms with Gasteiger partial charge in [-0.15, -0.1) is 0 Å². The van der Waals surface area contributed by atoms with Crippen LogP contribution >= 0.6 is 0 Å². The minimum absolute atomic E-state index is 0.0193. The van der Waals surface area contributed by atoms with Crippen LogP contribution in [-0.4, -0.2) is 43.4 Å². The van der Waals surface area contributed by atoms with E-state index < -0.39 is 0 Å². The van der Waals surface area contributed by atoms with Gasteiger partial charge in [-0.25, -0.2) is 0 Å². The number of nitrogens with one attached hydrogen (secondary N) is 2. The lowest BCUT2D eigenvalue weighted by molar-refractivity contribution is -0.116. The molecule has 5 heteroatoms. The number of likely N-dealkylation sites (tertiary alicyclic amines) is 1. The highest BCUT2D eigenvalue weighted by Gasteiger charge is 2.21. The van der Waals surface area contributed by atoms with Gasteiger partial charge in [-0.1, -0.05) is 12.1 Å². The maximum Gasteiger partial charge on any atom is 0.255 e. The van der Waals surface area contributed by atoms with Crippen molar-refractivity contribution in [1.82, 2.24) is 10.2 Å². The molecule has 1 heterocycles. The number of amides is 2. The van der Waals surface area contributed by atoms with Gasteiger partial charge in [0.1, 0.15) is 0 Å². The van der Waals surface area contributed by atoms with Gasteiger partial charge < -0.3 is 15.5 Å². The second-order valence-electron chi connectivity index (χ2n) is 5.65. The second-order valence-corrected chi connectivity index (χ2v) is 5.65. The van der Waals surface area contributed by atoms with Crippen LogP contribution < -0.4 is 10.6 Å². The molecule has 0 bridgehead atoms. The summed E-state index contributed by atoms with van der Waals surface area (Å²) in [6, 6.07) is 7.28. The van der Waals surface area contributed by atoms with E-state index in [1.54, 1.807) is 12.1 Å². The minimum Gasteiger partial charge on any atom is -0.339 e. The molecule has 120 valence electrons. The van der Waals surface area contributed by atoms with E-state index in [0.29, 0.717) is 17.7 Å². The molecule has 0 saturated carbocycles. The first-order valence-corrected chi connectivity index (χ1v) is 8.05. The fourth-order valence-electron chi connectivity index (χ4n) is 2.68. The normalized spacial score (nSPS) is 14.7. The summed E-state index contributed by atoms with van der Waals surface area (Å²) < 4.78 is 0. The van der Waals surface area contributed by atoms with Crippen molar-refractivity contribution in [2.24, 2.45) is 0 Å². The van der Waals surface area contributed by atoms with Gasteiger partial charge in [-0.2, -0.15) is 0 Å². The highest BCUT2D eigenvalue weighted by molar-refractivity contribution is 6.03. The van der Waals surface area contributed by atoms with Crippen molar-refractivity contribution in [3.63, 3.8) is 0 Å². The molecule has 1 saturated heterocycles. The molecule has 0 aromatic heterocycles. The number of hydrogen-bond acceptors (Lipinski definition) is 3. The Bertz CT molecular complexity index is 510. The third-order valence-electron chi connectivity index (χ3n) is 3.91. The Morgan fingerprint density at radius 1 is 1.14 bits per heavy atom. The fourth-order valence-corrected chi connectivity index (χ4v) is 2.68. The van der Waals surface area contributed by atoms with Gasteiger partial charge in [0.2, 0.25) is 5.91 Å². The van der Waals surface area contributed by atoms with Gasteiger partial charge in [0, 0.05) is 19.5 Å². The molecular weight excluding hydrogens is 278 g/mol. The zero-order valence-electron chi connectivity index (χ0n) is 13.2. The summed E-state index contributed by atoms with van der Waals surface area (Å²) in [5, 5.41) is 5.89. The van der Waals surface area contributed by atoms with Crippen LogP contribution in [0.3, 0.4) is 0 Å². The van der Waals surface area contributed by atoms with Gasteiger partial charge in [0.15, 0.2) is 0 Å². The first-order chi connectivity index (χ1) is 10.7. The van der Waals surface area contributed by atoms with E-state index in [-0.39, 0.29) is 11.8 Å². The van der Waals surface area contributed by atoms with Gasteiger partial charge in [-0.05, 0) is 51.4 Å². The molecule has 0 unspecified atom stereocenters. The van der Waals surface area contributed by atoms with Crippen molar-refractivity contribution in [2.75, 3.05) is 32.0 Å². The molecule has 22 heavy (non-hydrogen) atoms. The highest BCUT2D eigenvalue weighted by Crippen LogP contribution is 2.20. The van der Waals surface area contributed by atoms with Crippen LogP contribution in [0.2, 0.25) is 0 Å². The van der Waals surface area contributed by atoms with Crippen LogP contribution in [-0.2, 0) is 4.79 Å². The third kappa shape index (κ3) is 4.56. The van der Waals surface area contributed by atoms with Crippen molar-refractivity contribution < 1.29 is 9.59 Å². The molecule has 0 aliphatic carbocycles. The van der Waals surface area contributed by atoms with Crippen molar-refractivity contribution in [3.05, 3.63) is 29.8 Å². The van der Waals surface area contributed by atoms with E-state index in [1.165, 1.54) is 6.42 Å². The van der Waals surface area contributed by atoms with Crippen molar-refractivity contribution in [2.45, 2.75) is 32.1 Å². The Labute approximate surface area is 132 Å². The number of anilines is 1. The van der Waals surface area contributed by atoms with E-state index in [4.69, 9.17) is 0 Å². The molecule has 2 N–H and O–H groups in total. The molecule has 1 aromatic rings. The standard InChI is InChI=1S/C17H25N3O2/c1-18-11-7-10-16(21)19-15-9-4-3-8-14(15)17(22)20-12-5-2-6-13-20/h3-4,8-9,18H,2,5-7,10-13H2,1H3,(H,19,21). The van der Waals surface area contributed by atoms with E-state index in [9.17, 15) is 9.59 Å². The Balaban J connectivity index is 2.02. The summed E-state index contributed by atoms with van der Waals surface area (Å²) in [7, 11) is 1.87. The summed E-state index contributed by atoms with van der Waals surface area (Å²) in [5.74, 6) is -0.0278. The number of hydrogen-bond donors (Lipinski definition) is 2. The van der Waals surface area contributed by atoms with Crippen LogP contribution in [0.25, 0.3) is 0 Å². The van der Waals surface area contributed by atoms with Gasteiger partial charge in [0.25, 0.3) is 5.91 Å². The maximum atomic E-state index is 12.6. The monoisotopic (exact) mass is 303 g/mol. The average molecular weight is 303 g/mol. The minimum atomic E-state index is -0.0471. The van der Waals surface area contributed by atoms with Crippen molar-refractivity contribution >= 4 is 17.5 Å². The maximum absolute atomic E-state index is 12.6. The molecule has 0 spiro atoms.